The van der Waals surface area contributed by atoms with Crippen LogP contribution < -0.4 is 15.4 Å². The third kappa shape index (κ3) is 3.44. The Morgan fingerprint density at radius 3 is 2.78 bits per heavy atom. The average molecular weight is 249 g/mol. The number of hydrogen-bond donors (Lipinski definition) is 2. The third-order valence-electron chi connectivity index (χ3n) is 2.56. The topological polar surface area (TPSA) is 80.3 Å². The van der Waals surface area contributed by atoms with E-state index in [0.29, 0.717) is 17.5 Å². The lowest BCUT2D eigenvalue weighted by atomic mass is 10.2. The van der Waals surface area contributed by atoms with Crippen LogP contribution in [0.1, 0.15) is 23.2 Å². The third-order valence-corrected chi connectivity index (χ3v) is 2.56. The van der Waals surface area contributed by atoms with Crippen LogP contribution in [0.25, 0.3) is 0 Å². The molecule has 1 aliphatic rings. The van der Waals surface area contributed by atoms with Crippen LogP contribution in [0, 0.1) is 0 Å². The predicted molar refractivity (Wildman–Crippen MR) is 64.3 cm³/mol. The van der Waals surface area contributed by atoms with Gasteiger partial charge in [-0.15, -0.1) is 0 Å². The Labute approximate surface area is 105 Å². The van der Waals surface area contributed by atoms with E-state index in [2.05, 4.69) is 15.6 Å². The van der Waals surface area contributed by atoms with E-state index in [1.54, 1.807) is 12.1 Å². The molecule has 0 atom stereocenters. The van der Waals surface area contributed by atoms with Gasteiger partial charge in [-0.05, 0) is 18.9 Å². The molecule has 0 bridgehead atoms. The highest BCUT2D eigenvalue weighted by Crippen LogP contribution is 2.18. The molecule has 2 amide bonds. The van der Waals surface area contributed by atoms with Gasteiger partial charge in [-0.3, -0.25) is 9.59 Å². The Bertz CT molecular complexity index is 440. The fourth-order valence-corrected chi connectivity index (χ4v) is 1.40. The smallest absolute Gasteiger partial charge is 0.253 e. The number of amides is 2. The summed E-state index contributed by atoms with van der Waals surface area (Å²) in [5.74, 6) is -0.0403. The average Bonchev–Trinajstić information content (AvgIpc) is 3.20. The molecule has 96 valence electrons. The van der Waals surface area contributed by atoms with Crippen molar-refractivity contribution in [1.82, 2.24) is 15.6 Å². The number of nitrogens with one attached hydrogen (secondary N) is 2. The van der Waals surface area contributed by atoms with Crippen LogP contribution in [0.2, 0.25) is 0 Å². The number of hydrogen-bond acceptors (Lipinski definition) is 4. The van der Waals surface area contributed by atoms with Gasteiger partial charge in [0.05, 0.1) is 19.2 Å². The van der Waals surface area contributed by atoms with E-state index in [0.717, 1.165) is 12.8 Å². The quantitative estimate of drug-likeness (QED) is 0.775. The number of carbonyl (C=O) groups excluding carboxylic acids is 2. The molecule has 18 heavy (non-hydrogen) atoms. The molecule has 2 N–H and O–H groups in total. The first kappa shape index (κ1) is 12.3. The van der Waals surface area contributed by atoms with E-state index < -0.39 is 0 Å². The van der Waals surface area contributed by atoms with Gasteiger partial charge in [0.15, 0.2) is 0 Å². The minimum absolute atomic E-state index is 0.0125. The van der Waals surface area contributed by atoms with Crippen LogP contribution in [0.5, 0.6) is 5.88 Å². The summed E-state index contributed by atoms with van der Waals surface area (Å²) in [5, 5.41) is 5.33. The van der Waals surface area contributed by atoms with Gasteiger partial charge in [0.1, 0.15) is 0 Å². The molecule has 1 aliphatic carbocycles. The molecule has 1 aromatic rings. The highest BCUT2D eigenvalue weighted by molar-refractivity contribution is 5.96. The maximum absolute atomic E-state index is 11.7. The van der Waals surface area contributed by atoms with Crippen molar-refractivity contribution in [3.8, 4) is 5.88 Å². The summed E-state index contributed by atoms with van der Waals surface area (Å²) in [4.78, 5) is 27.0. The molecule has 0 aliphatic heterocycles. The Morgan fingerprint density at radius 1 is 1.44 bits per heavy atom. The highest BCUT2D eigenvalue weighted by Gasteiger charge is 2.23. The molecule has 0 unspecified atom stereocenters. The predicted octanol–water partition coefficient (Wildman–Crippen LogP) is 0.0986. The Hall–Kier alpha value is -2.11. The number of aromatic nitrogens is 1. The van der Waals surface area contributed by atoms with Crippen LogP contribution in [-0.4, -0.2) is 36.5 Å². The van der Waals surface area contributed by atoms with Gasteiger partial charge in [-0.25, -0.2) is 4.98 Å². The molecule has 6 nitrogen and oxygen atoms in total. The van der Waals surface area contributed by atoms with E-state index in [-0.39, 0.29) is 18.4 Å². The summed E-state index contributed by atoms with van der Waals surface area (Å²) in [6.07, 6.45) is 3.47. The first-order chi connectivity index (χ1) is 8.69. The van der Waals surface area contributed by atoms with Gasteiger partial charge >= 0.3 is 0 Å². The molecule has 1 saturated carbocycles. The molecule has 1 fully saturated rings. The first-order valence-electron chi connectivity index (χ1n) is 5.76. The second-order valence-corrected chi connectivity index (χ2v) is 4.11. The van der Waals surface area contributed by atoms with Crippen molar-refractivity contribution < 1.29 is 14.3 Å². The van der Waals surface area contributed by atoms with Crippen molar-refractivity contribution in [2.75, 3.05) is 13.7 Å². The number of methoxy groups -OCH3 is 1. The number of ether oxygens (including phenoxy) is 1. The SMILES string of the molecule is COc1ccc(C(=O)NCC(=O)NC2CC2)cn1. The molecule has 0 aromatic carbocycles. The second kappa shape index (κ2) is 5.48. The van der Waals surface area contributed by atoms with Crippen molar-refractivity contribution in [2.24, 2.45) is 0 Å². The lowest BCUT2D eigenvalue weighted by molar-refractivity contribution is -0.120. The van der Waals surface area contributed by atoms with Gasteiger partial charge in [-0.1, -0.05) is 0 Å². The van der Waals surface area contributed by atoms with Gasteiger partial charge in [0.2, 0.25) is 11.8 Å². The van der Waals surface area contributed by atoms with Gasteiger partial charge < -0.3 is 15.4 Å². The zero-order valence-electron chi connectivity index (χ0n) is 10.1. The largest absolute Gasteiger partial charge is 0.481 e. The lowest BCUT2D eigenvalue weighted by Crippen LogP contribution is -2.37. The van der Waals surface area contributed by atoms with Crippen LogP contribution in [0.15, 0.2) is 18.3 Å². The Balaban J connectivity index is 1.80. The fraction of sp³-hybridized carbons (Fsp3) is 0.417. The van der Waals surface area contributed by atoms with Crippen molar-refractivity contribution in [2.45, 2.75) is 18.9 Å². The summed E-state index contributed by atoms with van der Waals surface area (Å²) in [7, 11) is 1.50. The lowest BCUT2D eigenvalue weighted by Gasteiger charge is -2.06. The van der Waals surface area contributed by atoms with Crippen molar-refractivity contribution in [3.63, 3.8) is 0 Å². The monoisotopic (exact) mass is 249 g/mol. The van der Waals surface area contributed by atoms with Gasteiger partial charge in [-0.2, -0.15) is 0 Å². The molecular weight excluding hydrogens is 234 g/mol. The van der Waals surface area contributed by atoms with E-state index >= 15 is 0 Å². The van der Waals surface area contributed by atoms with Gasteiger partial charge in [0, 0.05) is 18.3 Å². The number of nitrogens with zero attached hydrogens (tertiary/aromatic N) is 1. The summed E-state index contributed by atoms with van der Waals surface area (Å²) in [6, 6.07) is 3.50. The van der Waals surface area contributed by atoms with Crippen molar-refractivity contribution in [1.29, 1.82) is 0 Å². The van der Waals surface area contributed by atoms with Crippen LogP contribution >= 0.6 is 0 Å². The van der Waals surface area contributed by atoms with Gasteiger partial charge in [0.25, 0.3) is 5.91 Å². The number of carbonyl (C=O) groups is 2. The minimum atomic E-state index is -0.323. The second-order valence-electron chi connectivity index (χ2n) is 4.11. The van der Waals surface area contributed by atoms with E-state index in [4.69, 9.17) is 4.74 Å². The molecule has 6 heteroatoms. The summed E-state index contributed by atoms with van der Waals surface area (Å²) < 4.78 is 4.89. The molecular formula is C12H15N3O3. The standard InChI is InChI=1S/C12H15N3O3/c1-18-11-5-2-8(6-13-11)12(17)14-7-10(16)15-9-3-4-9/h2,5-6,9H,3-4,7H2,1H3,(H,14,17)(H,15,16). The molecule has 1 heterocycles. The normalized spacial score (nSPS) is 13.8. The molecule has 2 rings (SSSR count). The maximum atomic E-state index is 11.7. The molecule has 1 aromatic heterocycles. The fourth-order valence-electron chi connectivity index (χ4n) is 1.40. The minimum Gasteiger partial charge on any atom is -0.481 e. The highest BCUT2D eigenvalue weighted by atomic mass is 16.5. The number of rotatable bonds is 5. The van der Waals surface area contributed by atoms with Crippen molar-refractivity contribution >= 4 is 11.8 Å². The Kier molecular flexibility index (Phi) is 3.76. The first-order valence-corrected chi connectivity index (χ1v) is 5.76. The van der Waals surface area contributed by atoms with E-state index in [1.807, 2.05) is 0 Å². The van der Waals surface area contributed by atoms with Crippen LogP contribution in [-0.2, 0) is 4.79 Å². The van der Waals surface area contributed by atoms with E-state index in [9.17, 15) is 9.59 Å². The van der Waals surface area contributed by atoms with Crippen molar-refractivity contribution in [3.05, 3.63) is 23.9 Å². The maximum Gasteiger partial charge on any atom is 0.253 e. The number of pyridine rings is 1. The molecule has 0 radical (unpaired) electrons. The Morgan fingerprint density at radius 2 is 2.22 bits per heavy atom. The summed E-state index contributed by atoms with van der Waals surface area (Å²) in [6.45, 7) is -0.0125. The van der Waals surface area contributed by atoms with Crippen LogP contribution in [0.4, 0.5) is 0 Å². The molecule has 0 spiro atoms. The zero-order chi connectivity index (χ0) is 13.0. The zero-order valence-corrected chi connectivity index (χ0v) is 10.1. The van der Waals surface area contributed by atoms with Crippen LogP contribution in [0.3, 0.4) is 0 Å². The summed E-state index contributed by atoms with van der Waals surface area (Å²) in [5.41, 5.74) is 0.398. The summed E-state index contributed by atoms with van der Waals surface area (Å²) >= 11 is 0. The van der Waals surface area contributed by atoms with E-state index in [1.165, 1.54) is 13.3 Å². The molecule has 0 saturated heterocycles.